The molecule has 146 valence electrons. The first kappa shape index (κ1) is 20.8. The summed E-state index contributed by atoms with van der Waals surface area (Å²) in [5, 5.41) is 10.7. The van der Waals surface area contributed by atoms with Crippen LogP contribution in [0.5, 0.6) is 0 Å². The van der Waals surface area contributed by atoms with Gasteiger partial charge in [-0.05, 0) is 33.3 Å². The number of sulfonamides is 1. The van der Waals surface area contributed by atoms with E-state index in [0.29, 0.717) is 5.56 Å². The molecule has 1 N–H and O–H groups in total. The summed E-state index contributed by atoms with van der Waals surface area (Å²) >= 11 is 0. The molecule has 0 bridgehead atoms. The summed E-state index contributed by atoms with van der Waals surface area (Å²) in [4.78, 5) is 12.4. The first-order valence-corrected chi connectivity index (χ1v) is 10.2. The number of nitrogens with zero attached hydrogens (tertiary/aromatic N) is 2. The Bertz CT molecular complexity index is 723. The van der Waals surface area contributed by atoms with Gasteiger partial charge < -0.3 is 4.74 Å². The molecule has 1 aliphatic heterocycles. The van der Waals surface area contributed by atoms with E-state index in [1.807, 2.05) is 27.7 Å². The van der Waals surface area contributed by atoms with Gasteiger partial charge in [0.1, 0.15) is 0 Å². The zero-order valence-electron chi connectivity index (χ0n) is 15.6. The van der Waals surface area contributed by atoms with Crippen molar-refractivity contribution in [3.63, 3.8) is 0 Å². The van der Waals surface area contributed by atoms with Crippen molar-refractivity contribution in [3.8, 4) is 0 Å². The molecule has 1 aromatic rings. The lowest BCUT2D eigenvalue weighted by Gasteiger charge is -2.45. The quantitative estimate of drug-likeness (QED) is 0.568. The van der Waals surface area contributed by atoms with E-state index in [1.54, 1.807) is 0 Å². The molecule has 0 spiro atoms. The first-order chi connectivity index (χ1) is 12.0. The van der Waals surface area contributed by atoms with Gasteiger partial charge in [-0.1, -0.05) is 12.1 Å². The molecule has 0 amide bonds. The molecule has 1 fully saturated rings. The molecule has 1 saturated heterocycles. The minimum absolute atomic E-state index is 0.0594. The number of nitro groups is 1. The molecule has 0 aliphatic carbocycles. The number of ether oxygens (including phenoxy) is 1. The summed E-state index contributed by atoms with van der Waals surface area (Å²) in [5.74, 6) is -0.211. The highest BCUT2D eigenvalue weighted by atomic mass is 32.2. The van der Waals surface area contributed by atoms with Gasteiger partial charge >= 0.3 is 0 Å². The van der Waals surface area contributed by atoms with Crippen molar-refractivity contribution in [2.24, 2.45) is 0 Å². The third-order valence-electron chi connectivity index (χ3n) is 4.50. The third-order valence-corrected chi connectivity index (χ3v) is 5.80. The fourth-order valence-electron chi connectivity index (χ4n) is 3.05. The topological polar surface area (TPSA) is 102 Å². The van der Waals surface area contributed by atoms with Crippen molar-refractivity contribution in [1.29, 1.82) is 0 Å². The van der Waals surface area contributed by atoms with Crippen molar-refractivity contribution in [3.05, 3.63) is 39.9 Å². The molecule has 2 atom stereocenters. The van der Waals surface area contributed by atoms with Crippen LogP contribution < -0.4 is 4.72 Å². The third kappa shape index (κ3) is 5.73. The molecular weight excluding hydrogens is 358 g/mol. The van der Waals surface area contributed by atoms with Crippen molar-refractivity contribution in [1.82, 2.24) is 9.62 Å². The van der Waals surface area contributed by atoms with Crippen molar-refractivity contribution in [2.75, 3.05) is 19.6 Å². The van der Waals surface area contributed by atoms with Crippen molar-refractivity contribution < 1.29 is 18.1 Å². The standard InChI is InChI=1S/C17H27N3O5S/c1-13-9-19(10-14(2)25-13)17(3,4)12-18-26(23,24)11-15-5-7-16(8-6-15)20(21)22/h5-8,13-14,18H,9-12H2,1-4H3/t13-,14-/m0/s1. The summed E-state index contributed by atoms with van der Waals surface area (Å²) in [6.07, 6.45) is 0.212. The minimum Gasteiger partial charge on any atom is -0.373 e. The molecule has 0 unspecified atom stereocenters. The zero-order valence-corrected chi connectivity index (χ0v) is 16.5. The molecule has 0 saturated carbocycles. The Morgan fingerprint density at radius 2 is 1.77 bits per heavy atom. The zero-order chi connectivity index (χ0) is 19.5. The number of nitrogens with one attached hydrogen (secondary N) is 1. The second kappa shape index (κ2) is 7.99. The SMILES string of the molecule is C[C@H]1CN(C(C)(C)CNS(=O)(=O)Cc2ccc([N+](=O)[O-])cc2)C[C@H](C)O1. The number of hydrogen-bond acceptors (Lipinski definition) is 6. The van der Waals surface area contributed by atoms with Gasteiger partial charge in [0, 0.05) is 37.3 Å². The lowest BCUT2D eigenvalue weighted by Crippen LogP contribution is -2.58. The summed E-state index contributed by atoms with van der Waals surface area (Å²) < 4.78 is 33.2. The smallest absolute Gasteiger partial charge is 0.269 e. The molecule has 2 rings (SSSR count). The van der Waals surface area contributed by atoms with Gasteiger partial charge in [0.05, 0.1) is 22.9 Å². The molecule has 26 heavy (non-hydrogen) atoms. The molecule has 0 aromatic heterocycles. The van der Waals surface area contributed by atoms with E-state index >= 15 is 0 Å². The van der Waals surface area contributed by atoms with Crippen LogP contribution in [0.1, 0.15) is 33.3 Å². The summed E-state index contributed by atoms with van der Waals surface area (Å²) in [6.45, 7) is 9.82. The second-order valence-corrected chi connectivity index (χ2v) is 9.29. The average molecular weight is 385 g/mol. The number of benzene rings is 1. The highest BCUT2D eigenvalue weighted by Crippen LogP contribution is 2.21. The van der Waals surface area contributed by atoms with Crippen LogP contribution in [0.3, 0.4) is 0 Å². The Kier molecular flexibility index (Phi) is 6.38. The van der Waals surface area contributed by atoms with Crippen LogP contribution in [-0.4, -0.2) is 55.6 Å². The van der Waals surface area contributed by atoms with Gasteiger partial charge in [0.2, 0.25) is 10.0 Å². The molecule has 1 aromatic carbocycles. The van der Waals surface area contributed by atoms with E-state index in [9.17, 15) is 18.5 Å². The van der Waals surface area contributed by atoms with Crippen molar-refractivity contribution >= 4 is 15.7 Å². The molecule has 9 heteroatoms. The maximum absolute atomic E-state index is 12.4. The first-order valence-electron chi connectivity index (χ1n) is 8.60. The molecule has 1 aliphatic rings. The predicted molar refractivity (Wildman–Crippen MR) is 99.4 cm³/mol. The van der Waals surface area contributed by atoms with E-state index in [2.05, 4.69) is 9.62 Å². The number of hydrogen-bond donors (Lipinski definition) is 1. The molecular formula is C17H27N3O5S. The number of non-ortho nitro benzene ring substituents is 1. The Morgan fingerprint density at radius 3 is 2.27 bits per heavy atom. The number of morpholine rings is 1. The van der Waals surface area contributed by atoms with Gasteiger partial charge in [0.25, 0.3) is 5.69 Å². The van der Waals surface area contributed by atoms with Crippen LogP contribution in [-0.2, 0) is 20.5 Å². The van der Waals surface area contributed by atoms with Gasteiger partial charge in [-0.3, -0.25) is 15.0 Å². The van der Waals surface area contributed by atoms with Gasteiger partial charge in [0.15, 0.2) is 0 Å². The Hall–Kier alpha value is -1.55. The summed E-state index contributed by atoms with van der Waals surface area (Å²) in [5.41, 5.74) is 0.0970. The van der Waals surface area contributed by atoms with E-state index < -0.39 is 14.9 Å². The maximum Gasteiger partial charge on any atom is 0.269 e. The summed E-state index contributed by atoms with van der Waals surface area (Å²) in [7, 11) is -3.54. The van der Waals surface area contributed by atoms with Gasteiger partial charge in [-0.15, -0.1) is 0 Å². The predicted octanol–water partition coefficient (Wildman–Crippen LogP) is 1.90. The average Bonchev–Trinajstić information content (AvgIpc) is 2.52. The maximum atomic E-state index is 12.4. The normalized spacial score (nSPS) is 22.3. The Balaban J connectivity index is 1.96. The fourth-order valence-corrected chi connectivity index (χ4v) is 4.36. The largest absolute Gasteiger partial charge is 0.373 e. The van der Waals surface area contributed by atoms with E-state index in [0.717, 1.165) is 13.1 Å². The summed E-state index contributed by atoms with van der Waals surface area (Å²) in [6, 6.07) is 5.55. The van der Waals surface area contributed by atoms with E-state index in [1.165, 1.54) is 24.3 Å². The Morgan fingerprint density at radius 1 is 1.23 bits per heavy atom. The van der Waals surface area contributed by atoms with Crippen molar-refractivity contribution in [2.45, 2.75) is 51.2 Å². The van der Waals surface area contributed by atoms with Gasteiger partial charge in [-0.2, -0.15) is 0 Å². The molecule has 8 nitrogen and oxygen atoms in total. The lowest BCUT2D eigenvalue weighted by atomic mass is 10.0. The van der Waals surface area contributed by atoms with Gasteiger partial charge in [-0.25, -0.2) is 13.1 Å². The van der Waals surface area contributed by atoms with E-state index in [-0.39, 0.29) is 35.7 Å². The molecule has 0 radical (unpaired) electrons. The van der Waals surface area contributed by atoms with E-state index in [4.69, 9.17) is 4.74 Å². The van der Waals surface area contributed by atoms with Crippen LogP contribution in [0.25, 0.3) is 0 Å². The fraction of sp³-hybridized carbons (Fsp3) is 0.647. The van der Waals surface area contributed by atoms with Crippen LogP contribution in [0, 0.1) is 10.1 Å². The van der Waals surface area contributed by atoms with Crippen LogP contribution in [0.2, 0.25) is 0 Å². The highest BCUT2D eigenvalue weighted by molar-refractivity contribution is 7.88. The minimum atomic E-state index is -3.54. The lowest BCUT2D eigenvalue weighted by molar-refractivity contribution is -0.384. The number of rotatable bonds is 7. The van der Waals surface area contributed by atoms with Crippen LogP contribution in [0.15, 0.2) is 24.3 Å². The monoisotopic (exact) mass is 385 g/mol. The number of nitro benzene ring substituents is 1. The Labute approximate surface area is 154 Å². The molecule has 1 heterocycles. The van der Waals surface area contributed by atoms with Crippen LogP contribution in [0.4, 0.5) is 5.69 Å². The second-order valence-electron chi connectivity index (χ2n) is 7.48. The highest BCUT2D eigenvalue weighted by Gasteiger charge is 2.34. The van der Waals surface area contributed by atoms with Crippen LogP contribution >= 0.6 is 0 Å².